The largest absolute Gasteiger partial charge is 0.481 e. The molecule has 1 aliphatic heterocycles. The number of carboxylic acid groups (broad SMARTS) is 1. The van der Waals surface area contributed by atoms with E-state index in [4.69, 9.17) is 10.8 Å². The molecule has 0 aromatic rings. The second-order valence-corrected chi connectivity index (χ2v) is 4.78. The van der Waals surface area contributed by atoms with Crippen LogP contribution in [-0.4, -0.2) is 40.5 Å². The van der Waals surface area contributed by atoms with Gasteiger partial charge in [-0.05, 0) is 19.3 Å². The predicted octanol–water partition coefficient (Wildman–Crippen LogP) is 0.291. The molecule has 1 saturated heterocycles. The highest BCUT2D eigenvalue weighted by atomic mass is 16.4. The van der Waals surface area contributed by atoms with Gasteiger partial charge in [0.15, 0.2) is 0 Å². The average Bonchev–Trinajstić information content (AvgIpc) is 2.57. The molecule has 5 nitrogen and oxygen atoms in total. The van der Waals surface area contributed by atoms with Crippen molar-refractivity contribution in [3.8, 4) is 0 Å². The second kappa shape index (κ2) is 4.82. The summed E-state index contributed by atoms with van der Waals surface area (Å²) in [6, 6.07) is -0.787. The highest BCUT2D eigenvalue weighted by Gasteiger charge is 2.39. The number of likely N-dealkylation sites (tertiary alicyclic amines) is 1. The van der Waals surface area contributed by atoms with Crippen LogP contribution in [0.4, 0.5) is 0 Å². The monoisotopic (exact) mass is 228 g/mol. The number of aliphatic carboxylic acids is 1. The summed E-state index contributed by atoms with van der Waals surface area (Å²) in [5.41, 5.74) is 5.78. The molecule has 1 fully saturated rings. The normalized spacial score (nSPS) is 27.2. The SMILES string of the molecule is CC(C)C(N)C(=O)N1CCC(C(=O)O)C1C. The topological polar surface area (TPSA) is 83.6 Å². The van der Waals surface area contributed by atoms with Gasteiger partial charge in [-0.15, -0.1) is 0 Å². The summed E-state index contributed by atoms with van der Waals surface area (Å²) < 4.78 is 0. The molecular weight excluding hydrogens is 208 g/mol. The molecule has 1 heterocycles. The van der Waals surface area contributed by atoms with Crippen LogP contribution in [0.2, 0.25) is 0 Å². The van der Waals surface area contributed by atoms with E-state index in [0.717, 1.165) is 0 Å². The summed E-state index contributed by atoms with van der Waals surface area (Å²) in [6.07, 6.45) is 0.521. The van der Waals surface area contributed by atoms with Crippen LogP contribution >= 0.6 is 0 Å². The highest BCUT2D eigenvalue weighted by Crippen LogP contribution is 2.25. The highest BCUT2D eigenvalue weighted by molar-refractivity contribution is 5.83. The third-order valence-corrected chi connectivity index (χ3v) is 3.36. The molecule has 5 heteroatoms. The van der Waals surface area contributed by atoms with Gasteiger partial charge in [0, 0.05) is 12.6 Å². The van der Waals surface area contributed by atoms with Gasteiger partial charge in [0.25, 0.3) is 0 Å². The van der Waals surface area contributed by atoms with E-state index < -0.39 is 17.9 Å². The number of amides is 1. The molecule has 1 aliphatic rings. The molecule has 3 atom stereocenters. The first-order chi connectivity index (χ1) is 7.36. The Morgan fingerprint density at radius 3 is 2.38 bits per heavy atom. The molecule has 92 valence electrons. The van der Waals surface area contributed by atoms with Crippen LogP contribution in [0, 0.1) is 11.8 Å². The first-order valence-electron chi connectivity index (χ1n) is 5.65. The predicted molar refractivity (Wildman–Crippen MR) is 59.7 cm³/mol. The smallest absolute Gasteiger partial charge is 0.308 e. The third kappa shape index (κ3) is 2.35. The van der Waals surface area contributed by atoms with Gasteiger partial charge in [0.05, 0.1) is 12.0 Å². The van der Waals surface area contributed by atoms with E-state index in [1.165, 1.54) is 0 Å². The molecule has 0 aromatic heterocycles. The van der Waals surface area contributed by atoms with Crippen molar-refractivity contribution in [1.82, 2.24) is 4.90 Å². The van der Waals surface area contributed by atoms with Crippen molar-refractivity contribution in [3.63, 3.8) is 0 Å². The minimum atomic E-state index is -0.832. The Morgan fingerprint density at radius 1 is 1.44 bits per heavy atom. The maximum atomic E-state index is 12.0. The van der Waals surface area contributed by atoms with Gasteiger partial charge in [0.2, 0.25) is 5.91 Å². The van der Waals surface area contributed by atoms with Crippen LogP contribution in [-0.2, 0) is 9.59 Å². The maximum absolute atomic E-state index is 12.0. The molecule has 0 spiro atoms. The maximum Gasteiger partial charge on any atom is 0.308 e. The van der Waals surface area contributed by atoms with Gasteiger partial charge in [-0.3, -0.25) is 9.59 Å². The van der Waals surface area contributed by atoms with E-state index in [9.17, 15) is 9.59 Å². The van der Waals surface area contributed by atoms with Crippen LogP contribution in [0.1, 0.15) is 27.2 Å². The zero-order valence-corrected chi connectivity index (χ0v) is 10.0. The van der Waals surface area contributed by atoms with Crippen molar-refractivity contribution in [2.24, 2.45) is 17.6 Å². The van der Waals surface area contributed by atoms with Gasteiger partial charge in [-0.25, -0.2) is 0 Å². The van der Waals surface area contributed by atoms with Crippen LogP contribution in [0.25, 0.3) is 0 Å². The summed E-state index contributed by atoms with van der Waals surface area (Å²) in [6.45, 7) is 6.05. The first-order valence-corrected chi connectivity index (χ1v) is 5.65. The lowest BCUT2D eigenvalue weighted by Gasteiger charge is -2.27. The Labute approximate surface area is 95.6 Å². The average molecular weight is 228 g/mol. The molecule has 0 radical (unpaired) electrons. The Bertz CT molecular complexity index is 291. The standard InChI is InChI=1S/C11H20N2O3/c1-6(2)9(12)10(14)13-5-4-8(7(13)3)11(15)16/h6-9H,4-5,12H2,1-3H3,(H,15,16). The van der Waals surface area contributed by atoms with Gasteiger partial charge in [0.1, 0.15) is 0 Å². The number of rotatable bonds is 3. The molecular formula is C11H20N2O3. The molecule has 1 rings (SSSR count). The fourth-order valence-corrected chi connectivity index (χ4v) is 2.06. The number of carbonyl (C=O) groups is 2. The van der Waals surface area contributed by atoms with Crippen LogP contribution in [0.5, 0.6) is 0 Å². The molecule has 1 amide bonds. The number of hydrogen-bond donors (Lipinski definition) is 2. The van der Waals surface area contributed by atoms with Gasteiger partial charge < -0.3 is 15.7 Å². The van der Waals surface area contributed by atoms with Crippen molar-refractivity contribution in [1.29, 1.82) is 0 Å². The Hall–Kier alpha value is -1.10. The van der Waals surface area contributed by atoms with Gasteiger partial charge >= 0.3 is 5.97 Å². The summed E-state index contributed by atoms with van der Waals surface area (Å²) in [5.74, 6) is -1.35. The van der Waals surface area contributed by atoms with Crippen molar-refractivity contribution in [3.05, 3.63) is 0 Å². The lowest BCUT2D eigenvalue weighted by Crippen LogP contribution is -2.48. The zero-order chi connectivity index (χ0) is 12.5. The Balaban J connectivity index is 2.70. The van der Waals surface area contributed by atoms with E-state index in [2.05, 4.69) is 0 Å². The molecule has 3 unspecified atom stereocenters. The van der Waals surface area contributed by atoms with Gasteiger partial charge in [-0.1, -0.05) is 13.8 Å². The lowest BCUT2D eigenvalue weighted by molar-refractivity contribution is -0.143. The minimum absolute atomic E-state index is 0.0728. The summed E-state index contributed by atoms with van der Waals surface area (Å²) in [7, 11) is 0. The van der Waals surface area contributed by atoms with Crippen LogP contribution in [0.3, 0.4) is 0 Å². The molecule has 0 bridgehead atoms. The van der Waals surface area contributed by atoms with Gasteiger partial charge in [-0.2, -0.15) is 0 Å². The first kappa shape index (κ1) is 13.0. The Kier molecular flexibility index (Phi) is 3.91. The fourth-order valence-electron chi connectivity index (χ4n) is 2.06. The summed E-state index contributed by atoms with van der Waals surface area (Å²) >= 11 is 0. The van der Waals surface area contributed by atoms with E-state index in [1.807, 2.05) is 13.8 Å². The Morgan fingerprint density at radius 2 is 2.00 bits per heavy atom. The minimum Gasteiger partial charge on any atom is -0.481 e. The molecule has 0 saturated carbocycles. The molecule has 0 aliphatic carbocycles. The van der Waals surface area contributed by atoms with Crippen LogP contribution < -0.4 is 5.73 Å². The number of nitrogens with zero attached hydrogens (tertiary/aromatic N) is 1. The van der Waals surface area contributed by atoms with E-state index in [-0.39, 0.29) is 17.9 Å². The fraction of sp³-hybridized carbons (Fsp3) is 0.818. The van der Waals surface area contributed by atoms with Crippen molar-refractivity contribution in [2.75, 3.05) is 6.54 Å². The van der Waals surface area contributed by atoms with Crippen molar-refractivity contribution < 1.29 is 14.7 Å². The third-order valence-electron chi connectivity index (χ3n) is 3.36. The molecule has 0 aromatic carbocycles. The number of carboxylic acids is 1. The van der Waals surface area contributed by atoms with E-state index in [1.54, 1.807) is 11.8 Å². The number of hydrogen-bond acceptors (Lipinski definition) is 3. The molecule has 16 heavy (non-hydrogen) atoms. The van der Waals surface area contributed by atoms with E-state index >= 15 is 0 Å². The number of carbonyl (C=O) groups excluding carboxylic acids is 1. The summed E-state index contributed by atoms with van der Waals surface area (Å²) in [5, 5.41) is 8.96. The summed E-state index contributed by atoms with van der Waals surface area (Å²) in [4.78, 5) is 24.5. The quantitative estimate of drug-likeness (QED) is 0.727. The second-order valence-electron chi connectivity index (χ2n) is 4.78. The zero-order valence-electron chi connectivity index (χ0n) is 10.0. The van der Waals surface area contributed by atoms with Crippen molar-refractivity contribution >= 4 is 11.9 Å². The van der Waals surface area contributed by atoms with E-state index in [0.29, 0.717) is 13.0 Å². The van der Waals surface area contributed by atoms with Crippen LogP contribution in [0.15, 0.2) is 0 Å². The molecule has 3 N–H and O–H groups in total. The van der Waals surface area contributed by atoms with Crippen molar-refractivity contribution in [2.45, 2.75) is 39.3 Å². The number of nitrogens with two attached hydrogens (primary N) is 1. The lowest BCUT2D eigenvalue weighted by atomic mass is 10.0.